The quantitative estimate of drug-likeness (QED) is 0.780. The van der Waals surface area contributed by atoms with Gasteiger partial charge in [0.1, 0.15) is 9.84 Å². The van der Waals surface area contributed by atoms with E-state index in [2.05, 4.69) is 12.2 Å². The monoisotopic (exact) mass is 247 g/mol. The molecular weight excluding hydrogens is 222 g/mol. The number of hydrogen-bond donors (Lipinski definition) is 1. The van der Waals surface area contributed by atoms with Crippen LogP contribution in [0.25, 0.3) is 0 Å². The number of nitrogens with one attached hydrogen (secondary N) is 1. The van der Waals surface area contributed by atoms with Gasteiger partial charge in [-0.25, -0.2) is 8.42 Å². The highest BCUT2D eigenvalue weighted by molar-refractivity contribution is 7.90. The molecule has 16 heavy (non-hydrogen) atoms. The van der Waals surface area contributed by atoms with Gasteiger partial charge in [0.25, 0.3) is 0 Å². The Morgan fingerprint density at radius 1 is 1.25 bits per heavy atom. The highest BCUT2D eigenvalue weighted by atomic mass is 32.2. The van der Waals surface area contributed by atoms with E-state index in [9.17, 15) is 8.42 Å². The van der Waals surface area contributed by atoms with Crippen LogP contribution in [0.3, 0.4) is 0 Å². The average molecular weight is 247 g/mol. The van der Waals surface area contributed by atoms with Crippen LogP contribution in [0.5, 0.6) is 0 Å². The molecule has 0 saturated heterocycles. The molecule has 0 radical (unpaired) electrons. The smallest absolute Gasteiger partial charge is 0.147 e. The molecule has 1 fully saturated rings. The maximum Gasteiger partial charge on any atom is 0.147 e. The van der Waals surface area contributed by atoms with Gasteiger partial charge in [0, 0.05) is 12.3 Å². The molecule has 1 saturated carbocycles. The van der Waals surface area contributed by atoms with E-state index >= 15 is 0 Å². The minimum Gasteiger partial charge on any atom is -0.314 e. The lowest BCUT2D eigenvalue weighted by Crippen LogP contribution is -2.33. The average Bonchev–Trinajstić information content (AvgIpc) is 2.24. The van der Waals surface area contributed by atoms with Gasteiger partial charge >= 0.3 is 0 Å². The summed E-state index contributed by atoms with van der Waals surface area (Å²) in [6, 6.07) is 0.316. The second kappa shape index (κ2) is 6.60. The molecule has 1 atom stereocenters. The fraction of sp³-hybridized carbons (Fsp3) is 1.00. The zero-order valence-electron chi connectivity index (χ0n) is 10.5. The van der Waals surface area contributed by atoms with E-state index in [0.29, 0.717) is 11.8 Å². The van der Waals surface area contributed by atoms with Gasteiger partial charge < -0.3 is 5.32 Å². The first-order valence-electron chi connectivity index (χ1n) is 6.38. The predicted molar refractivity (Wildman–Crippen MR) is 68.4 cm³/mol. The first-order valence-corrected chi connectivity index (χ1v) is 8.44. The summed E-state index contributed by atoms with van der Waals surface area (Å²) in [6.07, 6.45) is 8.83. The number of sulfone groups is 1. The molecule has 0 amide bonds. The molecule has 1 unspecified atom stereocenters. The summed E-state index contributed by atoms with van der Waals surface area (Å²) in [7, 11) is -2.80. The van der Waals surface area contributed by atoms with Gasteiger partial charge in [0.2, 0.25) is 0 Å². The van der Waals surface area contributed by atoms with E-state index in [1.165, 1.54) is 38.4 Å². The summed E-state index contributed by atoms with van der Waals surface area (Å²) in [4.78, 5) is 0. The molecule has 0 bridgehead atoms. The largest absolute Gasteiger partial charge is 0.314 e. The molecular formula is C12H25NO2S. The van der Waals surface area contributed by atoms with Crippen LogP contribution in [-0.4, -0.2) is 33.0 Å². The van der Waals surface area contributed by atoms with Crippen LogP contribution < -0.4 is 5.32 Å². The van der Waals surface area contributed by atoms with Crippen LogP contribution in [0.2, 0.25) is 0 Å². The summed E-state index contributed by atoms with van der Waals surface area (Å²) >= 11 is 0. The van der Waals surface area contributed by atoms with E-state index < -0.39 is 9.84 Å². The fourth-order valence-electron chi connectivity index (χ4n) is 2.25. The molecule has 1 N–H and O–H groups in total. The third-order valence-corrected chi connectivity index (χ3v) is 4.38. The molecule has 0 aromatic heterocycles. The van der Waals surface area contributed by atoms with Gasteiger partial charge in [0.15, 0.2) is 0 Å². The molecule has 1 aliphatic carbocycles. The lowest BCUT2D eigenvalue weighted by molar-refractivity contribution is 0.329. The molecule has 3 nitrogen and oxygen atoms in total. The van der Waals surface area contributed by atoms with Gasteiger partial charge in [-0.15, -0.1) is 0 Å². The maximum atomic E-state index is 11.0. The fourth-order valence-corrected chi connectivity index (χ4v) is 3.03. The minimum atomic E-state index is -2.80. The van der Waals surface area contributed by atoms with Gasteiger partial charge in [-0.3, -0.25) is 0 Å². The maximum absolute atomic E-state index is 11.0. The molecule has 0 spiro atoms. The van der Waals surface area contributed by atoms with Crippen molar-refractivity contribution in [2.24, 2.45) is 5.92 Å². The molecule has 0 heterocycles. The first kappa shape index (κ1) is 14.0. The second-order valence-corrected chi connectivity index (χ2v) is 7.49. The van der Waals surface area contributed by atoms with E-state index in [4.69, 9.17) is 0 Å². The SMILES string of the molecule is CC(CCS(C)(=O)=O)NCC1CCCCC1. The third-order valence-electron chi connectivity index (χ3n) is 3.40. The summed E-state index contributed by atoms with van der Waals surface area (Å²) in [5.74, 6) is 1.11. The van der Waals surface area contributed by atoms with Crippen LogP contribution in [0.4, 0.5) is 0 Å². The Morgan fingerprint density at radius 3 is 2.44 bits per heavy atom. The highest BCUT2D eigenvalue weighted by Crippen LogP contribution is 2.22. The van der Waals surface area contributed by atoms with Crippen molar-refractivity contribution >= 4 is 9.84 Å². The van der Waals surface area contributed by atoms with Gasteiger partial charge in [-0.05, 0) is 38.6 Å². The Hall–Kier alpha value is -0.0900. The zero-order valence-corrected chi connectivity index (χ0v) is 11.4. The molecule has 0 aromatic carbocycles. The van der Waals surface area contributed by atoms with E-state index in [1.807, 2.05) is 0 Å². The molecule has 0 aliphatic heterocycles. The van der Waals surface area contributed by atoms with E-state index in [1.54, 1.807) is 0 Å². The molecule has 1 rings (SSSR count). The van der Waals surface area contributed by atoms with Crippen LogP contribution in [-0.2, 0) is 9.84 Å². The van der Waals surface area contributed by atoms with Crippen molar-refractivity contribution < 1.29 is 8.42 Å². The molecule has 96 valence electrons. The summed E-state index contributed by atoms with van der Waals surface area (Å²) in [5, 5.41) is 3.46. The Kier molecular flexibility index (Phi) is 5.76. The predicted octanol–water partition coefficient (Wildman–Crippen LogP) is 1.98. The normalized spacial score (nSPS) is 20.9. The van der Waals surface area contributed by atoms with Crippen molar-refractivity contribution in [3.8, 4) is 0 Å². The van der Waals surface area contributed by atoms with Crippen LogP contribution in [0, 0.1) is 5.92 Å². The second-order valence-electron chi connectivity index (χ2n) is 5.23. The van der Waals surface area contributed by atoms with Gasteiger partial charge in [0.05, 0.1) is 5.75 Å². The van der Waals surface area contributed by atoms with Crippen LogP contribution in [0.1, 0.15) is 45.4 Å². The topological polar surface area (TPSA) is 46.2 Å². The van der Waals surface area contributed by atoms with Crippen molar-refractivity contribution in [1.82, 2.24) is 5.32 Å². The number of rotatable bonds is 6. The van der Waals surface area contributed by atoms with E-state index in [0.717, 1.165) is 18.9 Å². The van der Waals surface area contributed by atoms with Crippen molar-refractivity contribution in [2.45, 2.75) is 51.5 Å². The van der Waals surface area contributed by atoms with Crippen molar-refractivity contribution in [2.75, 3.05) is 18.6 Å². The zero-order chi connectivity index (χ0) is 12.0. The molecule has 4 heteroatoms. The Bertz CT molecular complexity index is 281. The number of hydrogen-bond acceptors (Lipinski definition) is 3. The summed E-state index contributed by atoms with van der Waals surface area (Å²) < 4.78 is 22.0. The van der Waals surface area contributed by atoms with Crippen LogP contribution >= 0.6 is 0 Å². The minimum absolute atomic E-state index is 0.297. The molecule has 0 aromatic rings. The van der Waals surface area contributed by atoms with Gasteiger partial charge in [-0.2, -0.15) is 0 Å². The summed E-state index contributed by atoms with van der Waals surface area (Å²) in [6.45, 7) is 3.14. The lowest BCUT2D eigenvalue weighted by atomic mass is 9.89. The van der Waals surface area contributed by atoms with E-state index in [-0.39, 0.29) is 0 Å². The first-order chi connectivity index (χ1) is 7.47. The van der Waals surface area contributed by atoms with Crippen LogP contribution in [0.15, 0.2) is 0 Å². The highest BCUT2D eigenvalue weighted by Gasteiger charge is 2.14. The molecule has 1 aliphatic rings. The summed E-state index contributed by atoms with van der Waals surface area (Å²) in [5.41, 5.74) is 0. The Morgan fingerprint density at radius 2 is 1.88 bits per heavy atom. The standard InChI is InChI=1S/C12H25NO2S/c1-11(8-9-16(2,14)15)13-10-12-6-4-3-5-7-12/h11-13H,3-10H2,1-2H3. The lowest BCUT2D eigenvalue weighted by Gasteiger charge is -2.24. The third kappa shape index (κ3) is 6.48. The Labute approximate surface area is 99.9 Å². The Balaban J connectivity index is 2.11. The van der Waals surface area contributed by atoms with Crippen molar-refractivity contribution in [3.05, 3.63) is 0 Å². The van der Waals surface area contributed by atoms with Crippen molar-refractivity contribution in [3.63, 3.8) is 0 Å². The van der Waals surface area contributed by atoms with Crippen molar-refractivity contribution in [1.29, 1.82) is 0 Å². The van der Waals surface area contributed by atoms with Gasteiger partial charge in [-0.1, -0.05) is 19.3 Å².